The van der Waals surface area contributed by atoms with Crippen molar-refractivity contribution in [2.75, 3.05) is 59.5 Å². The molecule has 193 valence electrons. The Morgan fingerprint density at radius 3 is 2.39 bits per heavy atom. The van der Waals surface area contributed by atoms with E-state index in [0.717, 1.165) is 70.9 Å². The van der Waals surface area contributed by atoms with E-state index in [9.17, 15) is 9.59 Å². The summed E-state index contributed by atoms with van der Waals surface area (Å²) in [6.45, 7) is 12.2. The second kappa shape index (κ2) is 17.0. The Labute approximate surface area is 207 Å². The van der Waals surface area contributed by atoms with Gasteiger partial charge in [-0.3, -0.25) is 9.69 Å². The molecule has 4 N–H and O–H groups in total. The molecule has 0 unspecified atom stereocenters. The minimum absolute atomic E-state index is 0. The number of amides is 1. The molecule has 1 amide bonds. The summed E-state index contributed by atoms with van der Waals surface area (Å²) in [4.78, 5) is 26.6. The Bertz CT molecular complexity index is 674. The number of esters is 1. The van der Waals surface area contributed by atoms with E-state index in [0.29, 0.717) is 6.54 Å². The summed E-state index contributed by atoms with van der Waals surface area (Å²) in [5, 5.41) is 21.5. The molecule has 1 aliphatic rings. The van der Waals surface area contributed by atoms with Crippen LogP contribution in [0.2, 0.25) is 0 Å². The molecule has 11 nitrogen and oxygen atoms in total. The normalized spacial score (nSPS) is 18.1. The predicted molar refractivity (Wildman–Crippen MR) is 122 cm³/mol. The topological polar surface area (TPSA) is 125 Å². The van der Waals surface area contributed by atoms with Crippen molar-refractivity contribution in [2.45, 2.75) is 45.8 Å². The van der Waals surface area contributed by atoms with Gasteiger partial charge in [0, 0.05) is 49.8 Å². The smallest absolute Gasteiger partial charge is 0.328 e. The maximum absolute atomic E-state index is 12.4. The molecular formula is C21H40CuN8O3. The van der Waals surface area contributed by atoms with Crippen molar-refractivity contribution in [3.8, 4) is 0 Å². The van der Waals surface area contributed by atoms with E-state index in [1.807, 2.05) is 13.8 Å². The van der Waals surface area contributed by atoms with Crippen LogP contribution in [0.1, 0.15) is 32.4 Å². The number of hydrogen-bond acceptors (Lipinski definition) is 9. The maximum atomic E-state index is 12.4. The SMILES string of the molecule is COC(=O)[C@@H](NC(=O)Cn1cc(CN2CCCNCCNCCCNCC2)nn1)C(C)C.[Cu]. The van der Waals surface area contributed by atoms with E-state index in [4.69, 9.17) is 4.74 Å². The maximum Gasteiger partial charge on any atom is 0.328 e. The Morgan fingerprint density at radius 1 is 1.06 bits per heavy atom. The standard InChI is InChI=1S/C21H40N8O3.Cu/c1-17(2)20(21(31)32-3)25-19(30)16-29-15-18(26-27-29)14-28-12-5-8-23-10-9-22-6-4-7-24-11-13-28;/h15,17,20,22-24H,4-14,16H2,1-3H3,(H,25,30);/t20-;/m0./s1. The molecule has 0 saturated carbocycles. The van der Waals surface area contributed by atoms with Crippen LogP contribution in [0.25, 0.3) is 0 Å². The first-order valence-corrected chi connectivity index (χ1v) is 11.6. The fourth-order valence-corrected chi connectivity index (χ4v) is 3.53. The number of nitrogens with zero attached hydrogens (tertiary/aromatic N) is 4. The second-order valence-electron chi connectivity index (χ2n) is 8.45. The molecule has 1 aromatic rings. The van der Waals surface area contributed by atoms with E-state index in [1.165, 1.54) is 11.8 Å². The van der Waals surface area contributed by atoms with Crippen molar-refractivity contribution < 1.29 is 31.4 Å². The van der Waals surface area contributed by atoms with Gasteiger partial charge in [-0.25, -0.2) is 9.48 Å². The molecule has 1 atom stereocenters. The first-order chi connectivity index (χ1) is 15.5. The number of carbonyl (C=O) groups is 2. The summed E-state index contributed by atoms with van der Waals surface area (Å²) in [6, 6.07) is -0.678. The molecule has 2 rings (SSSR count). The zero-order chi connectivity index (χ0) is 23.2. The molecule has 0 aliphatic carbocycles. The van der Waals surface area contributed by atoms with Gasteiger partial charge in [-0.15, -0.1) is 5.10 Å². The number of rotatable bonds is 7. The zero-order valence-electron chi connectivity index (χ0n) is 20.0. The molecule has 1 fully saturated rings. The molecule has 1 saturated heterocycles. The molecule has 33 heavy (non-hydrogen) atoms. The van der Waals surface area contributed by atoms with Crippen molar-refractivity contribution in [1.29, 1.82) is 0 Å². The predicted octanol–water partition coefficient (Wildman–Crippen LogP) is -1.05. The number of nitrogens with one attached hydrogen (secondary N) is 4. The van der Waals surface area contributed by atoms with E-state index < -0.39 is 12.0 Å². The Kier molecular flexibility index (Phi) is 15.1. The van der Waals surface area contributed by atoms with Crippen LogP contribution in [0.4, 0.5) is 0 Å². The van der Waals surface area contributed by atoms with Crippen LogP contribution in [0.15, 0.2) is 6.20 Å². The van der Waals surface area contributed by atoms with Crippen LogP contribution < -0.4 is 21.3 Å². The number of hydrogen-bond donors (Lipinski definition) is 4. The molecule has 2 heterocycles. The molecule has 1 radical (unpaired) electrons. The van der Waals surface area contributed by atoms with Gasteiger partial charge in [-0.1, -0.05) is 19.1 Å². The van der Waals surface area contributed by atoms with Gasteiger partial charge in [0.05, 0.1) is 19.0 Å². The number of ether oxygens (including phenoxy) is 1. The van der Waals surface area contributed by atoms with E-state index in [-0.39, 0.29) is 35.4 Å². The minimum Gasteiger partial charge on any atom is -0.467 e. The van der Waals surface area contributed by atoms with Gasteiger partial charge in [0.1, 0.15) is 12.6 Å². The third-order valence-corrected chi connectivity index (χ3v) is 5.33. The minimum atomic E-state index is -0.678. The van der Waals surface area contributed by atoms with Crippen LogP contribution in [-0.4, -0.2) is 97.3 Å². The van der Waals surface area contributed by atoms with Crippen LogP contribution >= 0.6 is 0 Å². The van der Waals surface area contributed by atoms with Gasteiger partial charge in [-0.2, -0.15) is 0 Å². The quantitative estimate of drug-likeness (QED) is 0.266. The van der Waals surface area contributed by atoms with Gasteiger partial charge in [0.15, 0.2) is 0 Å². The summed E-state index contributed by atoms with van der Waals surface area (Å²) >= 11 is 0. The third-order valence-electron chi connectivity index (χ3n) is 5.33. The number of aromatic nitrogens is 3. The molecular weight excluding hydrogens is 476 g/mol. The van der Waals surface area contributed by atoms with Crippen LogP contribution in [0.3, 0.4) is 0 Å². The van der Waals surface area contributed by atoms with Gasteiger partial charge in [0.25, 0.3) is 0 Å². The van der Waals surface area contributed by atoms with Crippen LogP contribution in [-0.2, 0) is 44.5 Å². The molecule has 0 bridgehead atoms. The van der Waals surface area contributed by atoms with Crippen molar-refractivity contribution in [2.24, 2.45) is 5.92 Å². The van der Waals surface area contributed by atoms with Crippen molar-refractivity contribution >= 4 is 11.9 Å². The van der Waals surface area contributed by atoms with Crippen molar-refractivity contribution in [1.82, 2.24) is 41.2 Å². The summed E-state index contributed by atoms with van der Waals surface area (Å²) < 4.78 is 6.28. The monoisotopic (exact) mass is 515 g/mol. The van der Waals surface area contributed by atoms with Crippen molar-refractivity contribution in [3.63, 3.8) is 0 Å². The first-order valence-electron chi connectivity index (χ1n) is 11.6. The Balaban J connectivity index is 0.00000544. The van der Waals surface area contributed by atoms with Gasteiger partial charge < -0.3 is 26.0 Å². The Hall–Kier alpha value is -1.56. The van der Waals surface area contributed by atoms with Gasteiger partial charge in [-0.05, 0) is 44.9 Å². The second-order valence-corrected chi connectivity index (χ2v) is 8.45. The fraction of sp³-hybridized carbons (Fsp3) is 0.810. The molecule has 0 spiro atoms. The van der Waals surface area contributed by atoms with Crippen LogP contribution in [0.5, 0.6) is 0 Å². The Morgan fingerprint density at radius 2 is 1.73 bits per heavy atom. The van der Waals surface area contributed by atoms with Crippen molar-refractivity contribution in [3.05, 3.63) is 11.9 Å². The van der Waals surface area contributed by atoms with Gasteiger partial charge in [0.2, 0.25) is 5.91 Å². The number of methoxy groups -OCH3 is 1. The van der Waals surface area contributed by atoms with Gasteiger partial charge >= 0.3 is 5.97 Å². The fourth-order valence-electron chi connectivity index (χ4n) is 3.53. The average Bonchev–Trinajstić information content (AvgIpc) is 3.20. The van der Waals surface area contributed by atoms with E-state index in [2.05, 4.69) is 36.5 Å². The summed E-state index contributed by atoms with van der Waals surface area (Å²) in [7, 11) is 1.32. The van der Waals surface area contributed by atoms with E-state index in [1.54, 1.807) is 6.20 Å². The molecule has 0 aromatic carbocycles. The van der Waals surface area contributed by atoms with Crippen LogP contribution in [0, 0.1) is 5.92 Å². The summed E-state index contributed by atoms with van der Waals surface area (Å²) in [5.74, 6) is -0.818. The zero-order valence-corrected chi connectivity index (χ0v) is 21.0. The van der Waals surface area contributed by atoms with E-state index >= 15 is 0 Å². The molecule has 1 aromatic heterocycles. The summed E-state index contributed by atoms with van der Waals surface area (Å²) in [5.41, 5.74) is 0.824. The first kappa shape index (κ1) is 29.5. The molecule has 1 aliphatic heterocycles. The largest absolute Gasteiger partial charge is 0.467 e. The number of carbonyl (C=O) groups excluding carboxylic acids is 2. The molecule has 12 heteroatoms. The average molecular weight is 516 g/mol. The third kappa shape index (κ3) is 11.9. The summed E-state index contributed by atoms with van der Waals surface area (Å²) in [6.07, 6.45) is 3.97.